The molecule has 0 radical (unpaired) electrons. The second-order valence-electron chi connectivity index (χ2n) is 7.69. The summed E-state index contributed by atoms with van der Waals surface area (Å²) in [5.41, 5.74) is 2.60. The van der Waals surface area contributed by atoms with Crippen molar-refractivity contribution in [3.05, 3.63) is 53.9 Å². The van der Waals surface area contributed by atoms with Crippen LogP contribution >= 0.6 is 11.8 Å². The average Bonchev–Trinajstić information content (AvgIpc) is 3.10. The lowest BCUT2D eigenvalue weighted by Gasteiger charge is -2.11. The second-order valence-corrected chi connectivity index (χ2v) is 11.0. The van der Waals surface area contributed by atoms with Crippen LogP contribution in [0.2, 0.25) is 0 Å². The van der Waals surface area contributed by atoms with Crippen molar-refractivity contribution in [3.63, 3.8) is 0 Å². The van der Waals surface area contributed by atoms with Crippen LogP contribution < -0.4 is 0 Å². The van der Waals surface area contributed by atoms with E-state index in [2.05, 4.69) is 11.9 Å². The molecule has 0 saturated carbocycles. The number of imidazole rings is 1. The normalized spacial score (nSPS) is 11.9. The van der Waals surface area contributed by atoms with Gasteiger partial charge >= 0.3 is 5.97 Å². The minimum Gasteiger partial charge on any atom is -0.457 e. The van der Waals surface area contributed by atoms with Gasteiger partial charge in [-0.2, -0.15) is 0 Å². The predicted molar refractivity (Wildman–Crippen MR) is 127 cm³/mol. The number of aryl methyl sites for hydroxylation is 2. The molecule has 172 valence electrons. The Hall–Kier alpha value is -2.36. The number of carbonyl (C=O) groups excluding carboxylic acids is 1. The molecule has 0 spiro atoms. The van der Waals surface area contributed by atoms with Crippen LogP contribution in [0.3, 0.4) is 0 Å². The fraction of sp³-hybridized carbons (Fsp3) is 0.391. The first-order valence-corrected chi connectivity index (χ1v) is 12.9. The second kappa shape index (κ2) is 10.5. The molecule has 0 aliphatic carbocycles. The van der Waals surface area contributed by atoms with Gasteiger partial charge in [0.15, 0.2) is 0 Å². The lowest BCUT2D eigenvalue weighted by molar-refractivity contribution is -0.144. The molecule has 2 aromatic carbocycles. The number of nitrogens with zero attached hydrogens (tertiary/aromatic N) is 3. The SMILES string of the molecule is CCCn1c(COC(=O)CCSc2ccc(C)cc2)nc2cc(S(=O)(=O)N(C)C)ccc21. The van der Waals surface area contributed by atoms with Gasteiger partial charge in [0.25, 0.3) is 0 Å². The number of hydrogen-bond donors (Lipinski definition) is 0. The van der Waals surface area contributed by atoms with Crippen LogP contribution in [0.25, 0.3) is 11.0 Å². The summed E-state index contributed by atoms with van der Waals surface area (Å²) in [6, 6.07) is 13.1. The van der Waals surface area contributed by atoms with Gasteiger partial charge < -0.3 is 9.30 Å². The number of fused-ring (bicyclic) bond motifs is 1. The zero-order valence-corrected chi connectivity index (χ0v) is 20.5. The number of thioether (sulfide) groups is 1. The molecule has 0 unspecified atom stereocenters. The van der Waals surface area contributed by atoms with Crippen LogP contribution in [0, 0.1) is 6.92 Å². The molecule has 32 heavy (non-hydrogen) atoms. The molecule has 0 atom stereocenters. The Morgan fingerprint density at radius 3 is 2.53 bits per heavy atom. The highest BCUT2D eigenvalue weighted by Crippen LogP contribution is 2.23. The van der Waals surface area contributed by atoms with Crippen molar-refractivity contribution in [1.29, 1.82) is 0 Å². The Labute approximate surface area is 193 Å². The standard InChI is InChI=1S/C23H29N3O4S2/c1-5-13-26-21-11-10-19(32(28,29)25(3)4)15-20(21)24-22(26)16-30-23(27)12-14-31-18-8-6-17(2)7-9-18/h6-11,15H,5,12-14,16H2,1-4H3. The number of benzene rings is 2. The number of esters is 1. The summed E-state index contributed by atoms with van der Waals surface area (Å²) in [7, 11) is -0.555. The third kappa shape index (κ3) is 5.70. The third-order valence-corrected chi connectivity index (χ3v) is 7.81. The Morgan fingerprint density at radius 1 is 1.16 bits per heavy atom. The molecule has 3 rings (SSSR count). The van der Waals surface area contributed by atoms with Crippen LogP contribution in [0.4, 0.5) is 0 Å². The van der Waals surface area contributed by atoms with Gasteiger partial charge in [0.2, 0.25) is 10.0 Å². The molecule has 0 amide bonds. The van der Waals surface area contributed by atoms with Crippen LogP contribution in [0.1, 0.15) is 31.2 Å². The molecular weight excluding hydrogens is 446 g/mol. The zero-order chi connectivity index (χ0) is 23.3. The molecule has 0 fully saturated rings. The lowest BCUT2D eigenvalue weighted by Crippen LogP contribution is -2.22. The van der Waals surface area contributed by atoms with E-state index >= 15 is 0 Å². The van der Waals surface area contributed by atoms with Gasteiger partial charge in [0, 0.05) is 31.3 Å². The highest BCUT2D eigenvalue weighted by Gasteiger charge is 2.20. The first-order chi connectivity index (χ1) is 15.2. The maximum atomic E-state index is 12.4. The largest absolute Gasteiger partial charge is 0.457 e. The first kappa shape index (κ1) is 24.3. The van der Waals surface area contributed by atoms with E-state index in [4.69, 9.17) is 4.74 Å². The van der Waals surface area contributed by atoms with E-state index < -0.39 is 10.0 Å². The van der Waals surface area contributed by atoms with Crippen molar-refractivity contribution >= 4 is 38.8 Å². The molecule has 3 aromatic rings. The predicted octanol–water partition coefficient (Wildman–Crippen LogP) is 4.23. The van der Waals surface area contributed by atoms with Gasteiger partial charge in [-0.25, -0.2) is 17.7 Å². The number of sulfonamides is 1. The van der Waals surface area contributed by atoms with Crippen LogP contribution in [-0.2, 0) is 32.7 Å². The van der Waals surface area contributed by atoms with E-state index in [-0.39, 0.29) is 17.5 Å². The third-order valence-electron chi connectivity index (χ3n) is 4.98. The van der Waals surface area contributed by atoms with Gasteiger partial charge in [-0.1, -0.05) is 24.6 Å². The van der Waals surface area contributed by atoms with Crippen molar-refractivity contribution in [3.8, 4) is 0 Å². The van der Waals surface area contributed by atoms with Crippen molar-refractivity contribution < 1.29 is 17.9 Å². The van der Waals surface area contributed by atoms with Crippen molar-refractivity contribution in [2.75, 3.05) is 19.8 Å². The van der Waals surface area contributed by atoms with Crippen LogP contribution in [-0.4, -0.2) is 48.1 Å². The molecule has 0 N–H and O–H groups in total. The molecule has 1 heterocycles. The Balaban J connectivity index is 1.68. The lowest BCUT2D eigenvalue weighted by atomic mass is 10.2. The molecule has 7 nitrogen and oxygen atoms in total. The molecule has 0 aliphatic heterocycles. The fourth-order valence-corrected chi connectivity index (χ4v) is 4.97. The molecule has 9 heteroatoms. The Bertz CT molecular complexity index is 1190. The monoisotopic (exact) mass is 475 g/mol. The Morgan fingerprint density at radius 2 is 1.88 bits per heavy atom. The quantitative estimate of drug-likeness (QED) is 0.322. The summed E-state index contributed by atoms with van der Waals surface area (Å²) in [5.74, 6) is 0.968. The van der Waals surface area contributed by atoms with Gasteiger partial charge in [0.05, 0.1) is 22.3 Å². The minimum absolute atomic E-state index is 0.0540. The van der Waals surface area contributed by atoms with Gasteiger partial charge in [0.1, 0.15) is 12.4 Å². The summed E-state index contributed by atoms with van der Waals surface area (Å²) in [4.78, 5) is 18.1. The Kier molecular flexibility index (Phi) is 7.97. The summed E-state index contributed by atoms with van der Waals surface area (Å²) in [6.45, 7) is 4.85. The van der Waals surface area contributed by atoms with Gasteiger partial charge in [-0.15, -0.1) is 11.8 Å². The maximum Gasteiger partial charge on any atom is 0.307 e. The smallest absolute Gasteiger partial charge is 0.307 e. The fourth-order valence-electron chi connectivity index (χ4n) is 3.22. The van der Waals surface area contributed by atoms with E-state index in [9.17, 15) is 13.2 Å². The molecule has 0 aliphatic rings. The van der Waals surface area contributed by atoms with Crippen molar-refractivity contribution in [1.82, 2.24) is 13.9 Å². The van der Waals surface area contributed by atoms with E-state index in [1.54, 1.807) is 30.0 Å². The minimum atomic E-state index is -3.55. The number of carbonyl (C=O) groups is 1. The van der Waals surface area contributed by atoms with E-state index in [1.165, 1.54) is 24.0 Å². The molecule has 0 bridgehead atoms. The summed E-state index contributed by atoms with van der Waals surface area (Å²) >= 11 is 1.62. The topological polar surface area (TPSA) is 81.5 Å². The first-order valence-electron chi connectivity index (χ1n) is 10.5. The van der Waals surface area contributed by atoms with E-state index in [0.29, 0.717) is 30.1 Å². The number of aromatic nitrogens is 2. The summed E-state index contributed by atoms with van der Waals surface area (Å²) < 4.78 is 33.5. The molecule has 1 aromatic heterocycles. The van der Waals surface area contributed by atoms with Crippen LogP contribution in [0.5, 0.6) is 0 Å². The zero-order valence-electron chi connectivity index (χ0n) is 18.9. The highest BCUT2D eigenvalue weighted by molar-refractivity contribution is 7.99. The molecular formula is C23H29N3O4S2. The van der Waals surface area contributed by atoms with E-state index in [0.717, 1.165) is 16.8 Å². The number of rotatable bonds is 10. The maximum absolute atomic E-state index is 12.4. The van der Waals surface area contributed by atoms with E-state index in [1.807, 2.05) is 35.8 Å². The van der Waals surface area contributed by atoms with Crippen molar-refractivity contribution in [2.45, 2.75) is 49.6 Å². The highest BCUT2D eigenvalue weighted by atomic mass is 32.2. The number of hydrogen-bond acceptors (Lipinski definition) is 6. The van der Waals surface area contributed by atoms with Gasteiger partial charge in [-0.3, -0.25) is 4.79 Å². The summed E-state index contributed by atoms with van der Waals surface area (Å²) in [5, 5.41) is 0. The van der Waals surface area contributed by atoms with Crippen LogP contribution in [0.15, 0.2) is 52.3 Å². The molecule has 0 saturated heterocycles. The van der Waals surface area contributed by atoms with Crippen molar-refractivity contribution in [2.24, 2.45) is 0 Å². The van der Waals surface area contributed by atoms with Gasteiger partial charge in [-0.05, 0) is 43.7 Å². The number of ether oxygens (including phenoxy) is 1. The summed E-state index contributed by atoms with van der Waals surface area (Å²) in [6.07, 6.45) is 1.18. The average molecular weight is 476 g/mol.